The average molecular weight is 225 g/mol. The van der Waals surface area contributed by atoms with Gasteiger partial charge in [0.25, 0.3) is 0 Å². The Hall–Kier alpha value is -0.340. The van der Waals surface area contributed by atoms with Gasteiger partial charge in [0.2, 0.25) is 0 Å². The van der Waals surface area contributed by atoms with E-state index in [1.807, 2.05) is 0 Å². The van der Waals surface area contributed by atoms with Crippen LogP contribution in [0.3, 0.4) is 0 Å². The fraction of sp³-hybridized carbons (Fsp3) is 0.857. The summed E-state index contributed by atoms with van der Waals surface area (Å²) in [6.07, 6.45) is 7.30. The summed E-state index contributed by atoms with van der Waals surface area (Å²) in [7, 11) is 0. The molecule has 0 bridgehead atoms. The van der Waals surface area contributed by atoms with Crippen molar-refractivity contribution in [1.82, 2.24) is 5.32 Å². The Labute approximate surface area is 100 Å². The Morgan fingerprint density at radius 3 is 2.56 bits per heavy atom. The van der Waals surface area contributed by atoms with Gasteiger partial charge in [-0.05, 0) is 36.7 Å². The summed E-state index contributed by atoms with van der Waals surface area (Å²) in [5.74, 6) is 0.824. The molecule has 0 amide bonds. The van der Waals surface area contributed by atoms with Crippen LogP contribution in [0.15, 0.2) is 12.7 Å². The third-order valence-electron chi connectivity index (χ3n) is 4.22. The van der Waals surface area contributed by atoms with E-state index in [0.717, 1.165) is 5.92 Å². The van der Waals surface area contributed by atoms with Crippen molar-refractivity contribution in [3.05, 3.63) is 12.7 Å². The maximum atomic E-state index is 9.44. The second-order valence-electron chi connectivity index (χ2n) is 5.52. The van der Waals surface area contributed by atoms with E-state index in [1.54, 1.807) is 6.08 Å². The number of aliphatic hydroxyl groups excluding tert-OH is 1. The molecular formula is C14H27NO. The molecular weight excluding hydrogens is 198 g/mol. The molecule has 0 heterocycles. The zero-order valence-corrected chi connectivity index (χ0v) is 11.0. The van der Waals surface area contributed by atoms with E-state index in [4.69, 9.17) is 0 Å². The minimum Gasteiger partial charge on any atom is -0.375 e. The largest absolute Gasteiger partial charge is 0.375 e. The fourth-order valence-electron chi connectivity index (χ4n) is 2.90. The van der Waals surface area contributed by atoms with E-state index in [2.05, 4.69) is 32.7 Å². The highest BCUT2D eigenvalue weighted by molar-refractivity contribution is 4.98. The maximum absolute atomic E-state index is 9.44. The van der Waals surface area contributed by atoms with Crippen LogP contribution in [0.4, 0.5) is 0 Å². The Bertz CT molecular complexity index is 221. The van der Waals surface area contributed by atoms with Crippen molar-refractivity contribution in [2.45, 2.75) is 65.1 Å². The molecule has 1 aliphatic rings. The Balaban J connectivity index is 2.36. The first-order valence-corrected chi connectivity index (χ1v) is 6.62. The molecule has 0 aromatic heterocycles. The molecule has 1 rings (SSSR count). The number of hydrogen-bond acceptors (Lipinski definition) is 2. The molecule has 2 N–H and O–H groups in total. The van der Waals surface area contributed by atoms with Gasteiger partial charge in [0, 0.05) is 6.04 Å². The van der Waals surface area contributed by atoms with Crippen molar-refractivity contribution in [3.8, 4) is 0 Å². The van der Waals surface area contributed by atoms with E-state index in [9.17, 15) is 5.11 Å². The first-order valence-electron chi connectivity index (χ1n) is 6.62. The van der Waals surface area contributed by atoms with Crippen molar-refractivity contribution < 1.29 is 5.11 Å². The van der Waals surface area contributed by atoms with Crippen LogP contribution in [0.1, 0.15) is 52.9 Å². The number of nitrogens with one attached hydrogen (secondary N) is 1. The molecule has 0 radical (unpaired) electrons. The van der Waals surface area contributed by atoms with Crippen LogP contribution in [0.5, 0.6) is 0 Å². The van der Waals surface area contributed by atoms with Crippen LogP contribution in [0.25, 0.3) is 0 Å². The summed E-state index contributed by atoms with van der Waals surface area (Å²) in [6, 6.07) is 0.483. The van der Waals surface area contributed by atoms with Gasteiger partial charge in [0.05, 0.1) is 0 Å². The third kappa shape index (κ3) is 3.33. The molecule has 0 aliphatic heterocycles. The van der Waals surface area contributed by atoms with Gasteiger partial charge >= 0.3 is 0 Å². The third-order valence-corrected chi connectivity index (χ3v) is 4.22. The van der Waals surface area contributed by atoms with E-state index in [1.165, 1.54) is 32.1 Å². The van der Waals surface area contributed by atoms with Gasteiger partial charge in [-0.3, -0.25) is 5.32 Å². The summed E-state index contributed by atoms with van der Waals surface area (Å²) in [5, 5.41) is 12.6. The minimum atomic E-state index is -0.538. The summed E-state index contributed by atoms with van der Waals surface area (Å²) in [4.78, 5) is 0. The molecule has 2 atom stereocenters. The van der Waals surface area contributed by atoms with Gasteiger partial charge < -0.3 is 5.11 Å². The van der Waals surface area contributed by atoms with Gasteiger partial charge in [-0.2, -0.15) is 0 Å². The van der Waals surface area contributed by atoms with Gasteiger partial charge in [-0.1, -0.05) is 40.2 Å². The number of hydrogen-bond donors (Lipinski definition) is 2. The van der Waals surface area contributed by atoms with Crippen LogP contribution < -0.4 is 5.32 Å². The van der Waals surface area contributed by atoms with Crippen LogP contribution >= 0.6 is 0 Å². The van der Waals surface area contributed by atoms with Gasteiger partial charge in [0.15, 0.2) is 0 Å². The molecule has 94 valence electrons. The smallest absolute Gasteiger partial charge is 0.124 e. The van der Waals surface area contributed by atoms with Crippen molar-refractivity contribution in [2.75, 3.05) is 0 Å². The Morgan fingerprint density at radius 2 is 2.12 bits per heavy atom. The van der Waals surface area contributed by atoms with Crippen LogP contribution in [-0.2, 0) is 0 Å². The van der Waals surface area contributed by atoms with Crippen molar-refractivity contribution >= 4 is 0 Å². The van der Waals surface area contributed by atoms with Crippen LogP contribution in [-0.4, -0.2) is 17.4 Å². The predicted molar refractivity (Wildman–Crippen MR) is 69.2 cm³/mol. The van der Waals surface area contributed by atoms with Crippen LogP contribution in [0.2, 0.25) is 0 Å². The fourth-order valence-corrected chi connectivity index (χ4v) is 2.90. The summed E-state index contributed by atoms with van der Waals surface area (Å²) < 4.78 is 0. The molecule has 16 heavy (non-hydrogen) atoms. The summed E-state index contributed by atoms with van der Waals surface area (Å²) >= 11 is 0. The monoisotopic (exact) mass is 225 g/mol. The number of rotatable bonds is 7. The molecule has 1 saturated carbocycles. The van der Waals surface area contributed by atoms with Gasteiger partial charge in [0.1, 0.15) is 6.23 Å². The predicted octanol–water partition coefficient (Wildman–Crippen LogP) is 3.08. The topological polar surface area (TPSA) is 32.3 Å². The second kappa shape index (κ2) is 5.83. The van der Waals surface area contributed by atoms with E-state index in [0.29, 0.717) is 11.5 Å². The van der Waals surface area contributed by atoms with Crippen molar-refractivity contribution in [3.63, 3.8) is 0 Å². The normalized spacial score (nSPS) is 32.9. The zero-order valence-electron chi connectivity index (χ0n) is 11.0. The standard InChI is InChI=1S/C14H27NO/c1-5-11(4)8-14(7-3)9-12(10-14)15-13(16)6-2/h6,11-13,15-16H,2,5,7-10H2,1,3-4H3. The zero-order chi connectivity index (χ0) is 12.2. The van der Waals surface area contributed by atoms with Crippen molar-refractivity contribution in [1.29, 1.82) is 0 Å². The molecule has 2 heteroatoms. The first-order chi connectivity index (χ1) is 7.55. The van der Waals surface area contributed by atoms with Gasteiger partial charge in [-0.25, -0.2) is 0 Å². The summed E-state index contributed by atoms with van der Waals surface area (Å²) in [5.41, 5.74) is 0.536. The molecule has 2 unspecified atom stereocenters. The quantitative estimate of drug-likeness (QED) is 0.515. The first kappa shape index (κ1) is 13.7. The molecule has 1 aliphatic carbocycles. The van der Waals surface area contributed by atoms with Crippen LogP contribution in [0, 0.1) is 11.3 Å². The van der Waals surface area contributed by atoms with Crippen molar-refractivity contribution in [2.24, 2.45) is 11.3 Å². The lowest BCUT2D eigenvalue weighted by Gasteiger charge is -2.49. The lowest BCUT2D eigenvalue weighted by molar-refractivity contribution is 0.0237. The molecule has 1 fully saturated rings. The Morgan fingerprint density at radius 1 is 1.50 bits per heavy atom. The highest BCUT2D eigenvalue weighted by atomic mass is 16.3. The molecule has 0 aromatic carbocycles. The molecule has 0 spiro atoms. The lowest BCUT2D eigenvalue weighted by atomic mass is 9.60. The Kier molecular flexibility index (Phi) is 5.00. The minimum absolute atomic E-state index is 0.483. The maximum Gasteiger partial charge on any atom is 0.124 e. The molecule has 2 nitrogen and oxygen atoms in total. The summed E-state index contributed by atoms with van der Waals surface area (Å²) in [6.45, 7) is 10.5. The molecule has 0 saturated heterocycles. The average Bonchev–Trinajstić information content (AvgIpc) is 2.25. The van der Waals surface area contributed by atoms with Gasteiger partial charge in [-0.15, -0.1) is 0 Å². The van der Waals surface area contributed by atoms with E-state index >= 15 is 0 Å². The highest BCUT2D eigenvalue weighted by Gasteiger charge is 2.43. The number of aliphatic hydroxyl groups is 1. The second-order valence-corrected chi connectivity index (χ2v) is 5.52. The SMILES string of the molecule is C=CC(O)NC1CC(CC)(CC(C)CC)C1. The highest BCUT2D eigenvalue weighted by Crippen LogP contribution is 2.49. The molecule has 0 aromatic rings. The van der Waals surface area contributed by atoms with E-state index in [-0.39, 0.29) is 0 Å². The lowest BCUT2D eigenvalue weighted by Crippen LogP contribution is -2.52. The van der Waals surface area contributed by atoms with E-state index < -0.39 is 6.23 Å².